The van der Waals surface area contributed by atoms with E-state index in [2.05, 4.69) is 23.8 Å². The molecule has 22 heavy (non-hydrogen) atoms. The number of hydrogen-bond acceptors (Lipinski definition) is 1. The normalized spacial score (nSPS) is 12.6. The molecule has 1 N–H and O–H groups in total. The Morgan fingerprint density at radius 3 is 2.00 bits per heavy atom. The largest absolute Gasteiger partial charge is 0.349 e. The first-order chi connectivity index (χ1) is 10.8. The standard InChI is InChI=1S/C20H38N2/c1-3-4-5-6-7-8-9-10-11-12-13-14-19(2)15-16-20-21-17-18-22-20/h17-19H,3-16H2,1-2H3,(H,21,22). The van der Waals surface area contributed by atoms with Crippen molar-refractivity contribution in [2.24, 2.45) is 5.92 Å². The number of H-pyrrole nitrogens is 1. The zero-order chi connectivity index (χ0) is 15.9. The van der Waals surface area contributed by atoms with Crippen LogP contribution in [0.25, 0.3) is 0 Å². The highest BCUT2D eigenvalue weighted by Crippen LogP contribution is 2.17. The van der Waals surface area contributed by atoms with E-state index >= 15 is 0 Å². The molecule has 0 aliphatic heterocycles. The van der Waals surface area contributed by atoms with Gasteiger partial charge in [0.1, 0.15) is 5.82 Å². The molecule has 0 fully saturated rings. The second-order valence-corrected chi connectivity index (χ2v) is 7.00. The third-order valence-electron chi connectivity index (χ3n) is 4.73. The second kappa shape index (κ2) is 13.8. The van der Waals surface area contributed by atoms with E-state index in [1.807, 2.05) is 12.4 Å². The molecular weight excluding hydrogens is 268 g/mol. The summed E-state index contributed by atoms with van der Waals surface area (Å²) in [6.45, 7) is 4.68. The van der Waals surface area contributed by atoms with E-state index < -0.39 is 0 Å². The Labute approximate surface area is 138 Å². The number of unbranched alkanes of at least 4 members (excludes halogenated alkanes) is 10. The van der Waals surface area contributed by atoms with Gasteiger partial charge in [-0.15, -0.1) is 0 Å². The van der Waals surface area contributed by atoms with Crippen molar-refractivity contribution in [2.45, 2.75) is 104 Å². The molecule has 1 atom stereocenters. The van der Waals surface area contributed by atoms with Gasteiger partial charge in [-0.2, -0.15) is 0 Å². The monoisotopic (exact) mass is 306 g/mol. The van der Waals surface area contributed by atoms with E-state index in [9.17, 15) is 0 Å². The summed E-state index contributed by atoms with van der Waals surface area (Å²) < 4.78 is 0. The van der Waals surface area contributed by atoms with Gasteiger partial charge in [-0.25, -0.2) is 4.98 Å². The Morgan fingerprint density at radius 2 is 1.45 bits per heavy atom. The highest BCUT2D eigenvalue weighted by Gasteiger charge is 2.04. The Kier molecular flexibility index (Phi) is 12.1. The van der Waals surface area contributed by atoms with E-state index in [0.717, 1.165) is 18.2 Å². The minimum Gasteiger partial charge on any atom is -0.349 e. The Balaban J connectivity index is 1.79. The zero-order valence-corrected chi connectivity index (χ0v) is 15.1. The van der Waals surface area contributed by atoms with E-state index in [1.54, 1.807) is 0 Å². The molecule has 1 rings (SSSR count). The van der Waals surface area contributed by atoms with Crippen LogP contribution in [0.5, 0.6) is 0 Å². The lowest BCUT2D eigenvalue weighted by Crippen LogP contribution is -1.99. The van der Waals surface area contributed by atoms with Crippen LogP contribution in [-0.2, 0) is 6.42 Å². The second-order valence-electron chi connectivity index (χ2n) is 7.00. The molecule has 0 radical (unpaired) electrons. The van der Waals surface area contributed by atoms with E-state index in [0.29, 0.717) is 0 Å². The molecule has 0 spiro atoms. The van der Waals surface area contributed by atoms with E-state index in [1.165, 1.54) is 83.5 Å². The third kappa shape index (κ3) is 10.9. The van der Waals surface area contributed by atoms with Crippen LogP contribution in [0.15, 0.2) is 12.4 Å². The molecule has 2 nitrogen and oxygen atoms in total. The van der Waals surface area contributed by atoms with E-state index in [4.69, 9.17) is 0 Å². The van der Waals surface area contributed by atoms with Gasteiger partial charge in [0.2, 0.25) is 0 Å². The van der Waals surface area contributed by atoms with E-state index in [-0.39, 0.29) is 0 Å². The van der Waals surface area contributed by atoms with Gasteiger partial charge in [0.05, 0.1) is 0 Å². The average Bonchev–Trinajstić information content (AvgIpc) is 3.04. The van der Waals surface area contributed by atoms with Crippen molar-refractivity contribution in [2.75, 3.05) is 0 Å². The molecule has 1 unspecified atom stereocenters. The lowest BCUT2D eigenvalue weighted by atomic mass is 9.97. The van der Waals surface area contributed by atoms with Crippen molar-refractivity contribution in [1.82, 2.24) is 9.97 Å². The molecule has 1 heterocycles. The number of nitrogens with one attached hydrogen (secondary N) is 1. The minimum absolute atomic E-state index is 0.837. The van der Waals surface area contributed by atoms with Gasteiger partial charge in [0.25, 0.3) is 0 Å². The van der Waals surface area contributed by atoms with Gasteiger partial charge in [-0.05, 0) is 12.3 Å². The lowest BCUT2D eigenvalue weighted by Gasteiger charge is -2.10. The van der Waals surface area contributed by atoms with Gasteiger partial charge in [0, 0.05) is 18.8 Å². The van der Waals surface area contributed by atoms with Gasteiger partial charge in [-0.3, -0.25) is 0 Å². The summed E-state index contributed by atoms with van der Waals surface area (Å²) in [7, 11) is 0. The molecule has 0 amide bonds. The summed E-state index contributed by atoms with van der Waals surface area (Å²) in [5, 5.41) is 0. The summed E-state index contributed by atoms with van der Waals surface area (Å²) in [6.07, 6.45) is 23.4. The molecule has 1 aromatic rings. The van der Waals surface area contributed by atoms with Gasteiger partial charge >= 0.3 is 0 Å². The van der Waals surface area contributed by atoms with Crippen molar-refractivity contribution < 1.29 is 0 Å². The number of aromatic amines is 1. The number of nitrogens with zero attached hydrogens (tertiary/aromatic N) is 1. The fraction of sp³-hybridized carbons (Fsp3) is 0.850. The summed E-state index contributed by atoms with van der Waals surface area (Å²) in [5.74, 6) is 1.98. The first-order valence-corrected chi connectivity index (χ1v) is 9.81. The first-order valence-electron chi connectivity index (χ1n) is 9.81. The summed E-state index contributed by atoms with van der Waals surface area (Å²) in [4.78, 5) is 7.49. The highest BCUT2D eigenvalue weighted by molar-refractivity contribution is 4.87. The van der Waals surface area contributed by atoms with Crippen LogP contribution in [0.4, 0.5) is 0 Å². The summed E-state index contributed by atoms with van der Waals surface area (Å²) >= 11 is 0. The Morgan fingerprint density at radius 1 is 0.864 bits per heavy atom. The fourth-order valence-corrected chi connectivity index (χ4v) is 3.12. The number of aryl methyl sites for hydroxylation is 1. The fourth-order valence-electron chi connectivity index (χ4n) is 3.12. The molecule has 2 heteroatoms. The number of imidazole rings is 1. The number of rotatable bonds is 15. The molecule has 128 valence electrons. The maximum absolute atomic E-state index is 4.29. The smallest absolute Gasteiger partial charge is 0.106 e. The Bertz CT molecular complexity index is 318. The van der Waals surface area contributed by atoms with Gasteiger partial charge < -0.3 is 4.98 Å². The average molecular weight is 307 g/mol. The first kappa shape index (κ1) is 19.3. The predicted molar refractivity (Wildman–Crippen MR) is 97.2 cm³/mol. The molecule has 1 aromatic heterocycles. The molecule has 0 saturated carbocycles. The van der Waals surface area contributed by atoms with Crippen LogP contribution in [0.2, 0.25) is 0 Å². The van der Waals surface area contributed by atoms with Crippen LogP contribution < -0.4 is 0 Å². The van der Waals surface area contributed by atoms with Gasteiger partial charge in [0.15, 0.2) is 0 Å². The summed E-state index contributed by atoms with van der Waals surface area (Å²) in [6, 6.07) is 0. The minimum atomic E-state index is 0.837. The number of hydrogen-bond donors (Lipinski definition) is 1. The van der Waals surface area contributed by atoms with Gasteiger partial charge in [-0.1, -0.05) is 90.9 Å². The molecule has 0 aromatic carbocycles. The van der Waals surface area contributed by atoms with Crippen LogP contribution >= 0.6 is 0 Å². The summed E-state index contributed by atoms with van der Waals surface area (Å²) in [5.41, 5.74) is 0. The number of aromatic nitrogens is 2. The van der Waals surface area contributed by atoms with Crippen molar-refractivity contribution in [3.8, 4) is 0 Å². The maximum atomic E-state index is 4.29. The van der Waals surface area contributed by atoms with Crippen molar-refractivity contribution >= 4 is 0 Å². The molecule has 0 aliphatic carbocycles. The lowest BCUT2D eigenvalue weighted by molar-refractivity contribution is 0.451. The maximum Gasteiger partial charge on any atom is 0.106 e. The van der Waals surface area contributed by atoms with Crippen LogP contribution in [0.1, 0.15) is 103 Å². The molecule has 0 aliphatic rings. The SMILES string of the molecule is CCCCCCCCCCCCCC(C)CCc1ncc[nH]1. The molecule has 0 saturated heterocycles. The van der Waals surface area contributed by atoms with Crippen molar-refractivity contribution in [1.29, 1.82) is 0 Å². The van der Waals surface area contributed by atoms with Crippen LogP contribution in [0.3, 0.4) is 0 Å². The quantitative estimate of drug-likeness (QED) is 0.360. The molecular formula is C20H38N2. The van der Waals surface area contributed by atoms with Crippen molar-refractivity contribution in [3.63, 3.8) is 0 Å². The highest BCUT2D eigenvalue weighted by atomic mass is 14.9. The Hall–Kier alpha value is -0.790. The predicted octanol–water partition coefficient (Wildman–Crippen LogP) is 6.68. The van der Waals surface area contributed by atoms with Crippen LogP contribution in [-0.4, -0.2) is 9.97 Å². The third-order valence-corrected chi connectivity index (χ3v) is 4.73. The molecule has 0 bridgehead atoms. The van der Waals surface area contributed by atoms with Crippen LogP contribution in [0, 0.1) is 5.92 Å². The topological polar surface area (TPSA) is 28.7 Å². The van der Waals surface area contributed by atoms with Crippen molar-refractivity contribution in [3.05, 3.63) is 18.2 Å². The zero-order valence-electron chi connectivity index (χ0n) is 15.1.